The highest BCUT2D eigenvalue weighted by Crippen LogP contribution is 2.31. The second-order valence-corrected chi connectivity index (χ2v) is 5.71. The average molecular weight is 237 g/mol. The van der Waals surface area contributed by atoms with Crippen LogP contribution in [-0.4, -0.2) is 10.2 Å². The van der Waals surface area contributed by atoms with Crippen molar-refractivity contribution in [3.05, 3.63) is 28.8 Å². The van der Waals surface area contributed by atoms with E-state index in [0.717, 1.165) is 25.5 Å². The van der Waals surface area contributed by atoms with Crippen molar-refractivity contribution < 1.29 is 0 Å². The summed E-state index contributed by atoms with van der Waals surface area (Å²) in [4.78, 5) is 1.11. The molecular formula is C10H11N3S2. The van der Waals surface area contributed by atoms with Crippen LogP contribution >= 0.6 is 23.1 Å². The monoisotopic (exact) mass is 237 g/mol. The minimum atomic E-state index is 0.821. The van der Waals surface area contributed by atoms with Gasteiger partial charge in [-0.15, -0.1) is 10.2 Å². The summed E-state index contributed by atoms with van der Waals surface area (Å²) >= 11 is 3.19. The molecule has 1 heterocycles. The maximum Gasteiger partial charge on any atom is 0.179 e. The molecule has 78 valence electrons. The van der Waals surface area contributed by atoms with Gasteiger partial charge in [-0.25, -0.2) is 0 Å². The van der Waals surface area contributed by atoms with Crippen LogP contribution in [0.1, 0.15) is 10.6 Å². The number of hydrogen-bond donors (Lipinski definition) is 1. The first-order chi connectivity index (χ1) is 7.15. The number of nitrogens with zero attached hydrogens (tertiary/aromatic N) is 2. The van der Waals surface area contributed by atoms with Crippen molar-refractivity contribution in [2.45, 2.75) is 23.1 Å². The van der Waals surface area contributed by atoms with Crippen molar-refractivity contribution in [1.29, 1.82) is 0 Å². The molecule has 0 aliphatic carbocycles. The summed E-state index contributed by atoms with van der Waals surface area (Å²) in [6.45, 7) is 3.95. The number of hydrogen-bond acceptors (Lipinski definition) is 5. The zero-order valence-corrected chi connectivity index (χ0v) is 10.2. The molecule has 3 nitrogen and oxygen atoms in total. The fourth-order valence-electron chi connectivity index (χ4n) is 1.10. The van der Waals surface area contributed by atoms with Crippen molar-refractivity contribution in [2.24, 2.45) is 0 Å². The van der Waals surface area contributed by atoms with Gasteiger partial charge in [-0.1, -0.05) is 29.2 Å². The van der Waals surface area contributed by atoms with Crippen molar-refractivity contribution in [3.63, 3.8) is 0 Å². The first-order valence-electron chi connectivity index (χ1n) is 4.49. The summed E-state index contributed by atoms with van der Waals surface area (Å²) in [5.74, 6) is 0. The number of nitrogen functional groups attached to an aromatic ring is 1. The fourth-order valence-corrected chi connectivity index (χ4v) is 2.94. The summed E-state index contributed by atoms with van der Waals surface area (Å²) in [5.41, 5.74) is 7.76. The molecule has 0 amide bonds. The van der Waals surface area contributed by atoms with Crippen LogP contribution in [0.3, 0.4) is 0 Å². The second kappa shape index (κ2) is 4.20. The third-order valence-corrected chi connectivity index (χ3v) is 3.84. The maximum atomic E-state index is 5.83. The molecule has 0 atom stereocenters. The zero-order valence-electron chi connectivity index (χ0n) is 8.52. The molecule has 5 heteroatoms. The predicted octanol–water partition coefficient (Wildman–Crippen LogP) is 2.89. The van der Waals surface area contributed by atoms with Crippen LogP contribution in [0.2, 0.25) is 0 Å². The van der Waals surface area contributed by atoms with Crippen molar-refractivity contribution in [1.82, 2.24) is 10.2 Å². The summed E-state index contributed by atoms with van der Waals surface area (Å²) in [5, 5.41) is 9.01. The molecule has 0 saturated carbocycles. The minimum absolute atomic E-state index is 0.821. The summed E-state index contributed by atoms with van der Waals surface area (Å²) in [6.07, 6.45) is 0. The van der Waals surface area contributed by atoms with Crippen LogP contribution in [0, 0.1) is 13.8 Å². The Labute approximate surface area is 96.7 Å². The summed E-state index contributed by atoms with van der Waals surface area (Å²) in [6, 6.07) is 6.04. The Balaban J connectivity index is 2.21. The second-order valence-electron chi connectivity index (χ2n) is 3.21. The van der Waals surface area contributed by atoms with E-state index in [-0.39, 0.29) is 0 Å². The van der Waals surface area contributed by atoms with E-state index in [4.69, 9.17) is 5.73 Å². The van der Waals surface area contributed by atoms with Gasteiger partial charge in [-0.3, -0.25) is 0 Å². The fraction of sp³-hybridized carbons (Fsp3) is 0.200. The first-order valence-corrected chi connectivity index (χ1v) is 6.12. The van der Waals surface area contributed by atoms with E-state index in [0.29, 0.717) is 0 Å². The lowest BCUT2D eigenvalue weighted by Gasteiger charge is -2.01. The summed E-state index contributed by atoms with van der Waals surface area (Å²) in [7, 11) is 0. The molecule has 0 bridgehead atoms. The van der Waals surface area contributed by atoms with Crippen molar-refractivity contribution in [3.8, 4) is 0 Å². The molecule has 0 unspecified atom stereocenters. The van der Waals surface area contributed by atoms with Gasteiger partial charge in [-0.2, -0.15) is 0 Å². The zero-order chi connectivity index (χ0) is 10.8. The number of rotatable bonds is 2. The molecule has 2 aromatic rings. The van der Waals surface area contributed by atoms with E-state index in [9.17, 15) is 0 Å². The standard InChI is InChI=1S/C10H11N3S2/c1-6-3-4-8(5-9(6)11)15-10-13-12-7(2)14-10/h3-5H,11H2,1-2H3. The lowest BCUT2D eigenvalue weighted by molar-refractivity contribution is 0.984. The number of benzene rings is 1. The number of aryl methyl sites for hydroxylation is 2. The highest BCUT2D eigenvalue weighted by molar-refractivity contribution is 8.01. The van der Waals surface area contributed by atoms with Gasteiger partial charge >= 0.3 is 0 Å². The Morgan fingerprint density at radius 1 is 1.27 bits per heavy atom. The van der Waals surface area contributed by atoms with Gasteiger partial charge in [0.2, 0.25) is 0 Å². The van der Waals surface area contributed by atoms with Crippen LogP contribution in [-0.2, 0) is 0 Å². The normalized spacial score (nSPS) is 10.5. The largest absolute Gasteiger partial charge is 0.398 e. The van der Waals surface area contributed by atoms with E-state index >= 15 is 0 Å². The first kappa shape index (κ1) is 10.4. The van der Waals surface area contributed by atoms with Gasteiger partial charge in [0.15, 0.2) is 4.34 Å². The maximum absolute atomic E-state index is 5.83. The van der Waals surface area contributed by atoms with E-state index in [1.54, 1.807) is 23.1 Å². The molecule has 0 saturated heterocycles. The highest BCUT2D eigenvalue weighted by Gasteiger charge is 2.04. The van der Waals surface area contributed by atoms with Crippen LogP contribution in [0.25, 0.3) is 0 Å². The Hall–Kier alpha value is -1.07. The molecule has 0 aliphatic heterocycles. The Morgan fingerprint density at radius 3 is 2.67 bits per heavy atom. The Kier molecular flexibility index (Phi) is 2.93. The molecule has 0 radical (unpaired) electrons. The van der Waals surface area contributed by atoms with Crippen molar-refractivity contribution in [2.75, 3.05) is 5.73 Å². The quantitative estimate of drug-likeness (QED) is 0.816. The molecule has 0 aliphatic rings. The molecule has 0 spiro atoms. The lowest BCUT2D eigenvalue weighted by atomic mass is 10.2. The minimum Gasteiger partial charge on any atom is -0.398 e. The SMILES string of the molecule is Cc1nnc(Sc2ccc(C)c(N)c2)s1. The molecule has 2 N–H and O–H groups in total. The van der Waals surface area contributed by atoms with E-state index in [1.165, 1.54) is 0 Å². The summed E-state index contributed by atoms with van der Waals surface area (Å²) < 4.78 is 0.954. The van der Waals surface area contributed by atoms with Crippen molar-refractivity contribution >= 4 is 28.8 Å². The third-order valence-electron chi connectivity index (χ3n) is 1.96. The van der Waals surface area contributed by atoms with Gasteiger partial charge in [-0.05, 0) is 31.5 Å². The molecule has 1 aromatic heterocycles. The van der Waals surface area contributed by atoms with Crippen LogP contribution in [0.15, 0.2) is 27.4 Å². The van der Waals surface area contributed by atoms with Crippen LogP contribution in [0.4, 0.5) is 5.69 Å². The van der Waals surface area contributed by atoms with E-state index in [1.807, 2.05) is 32.0 Å². The van der Waals surface area contributed by atoms with Gasteiger partial charge in [0, 0.05) is 10.6 Å². The van der Waals surface area contributed by atoms with Gasteiger partial charge < -0.3 is 5.73 Å². The third kappa shape index (κ3) is 2.49. The Bertz CT molecular complexity index is 479. The topological polar surface area (TPSA) is 51.8 Å². The van der Waals surface area contributed by atoms with Gasteiger partial charge in [0.25, 0.3) is 0 Å². The molecule has 15 heavy (non-hydrogen) atoms. The number of nitrogens with two attached hydrogens (primary N) is 1. The lowest BCUT2D eigenvalue weighted by Crippen LogP contribution is -1.88. The number of aromatic nitrogens is 2. The average Bonchev–Trinajstić information content (AvgIpc) is 2.58. The highest BCUT2D eigenvalue weighted by atomic mass is 32.2. The number of anilines is 1. The van der Waals surface area contributed by atoms with Crippen LogP contribution in [0.5, 0.6) is 0 Å². The smallest absolute Gasteiger partial charge is 0.179 e. The Morgan fingerprint density at radius 2 is 2.07 bits per heavy atom. The van der Waals surface area contributed by atoms with Crippen LogP contribution < -0.4 is 5.73 Å². The molecule has 1 aromatic carbocycles. The predicted molar refractivity (Wildman–Crippen MR) is 64.4 cm³/mol. The molecular weight excluding hydrogens is 226 g/mol. The van der Waals surface area contributed by atoms with E-state index < -0.39 is 0 Å². The molecule has 2 rings (SSSR count). The van der Waals surface area contributed by atoms with Gasteiger partial charge in [0.1, 0.15) is 5.01 Å². The molecule has 0 fully saturated rings. The van der Waals surface area contributed by atoms with Gasteiger partial charge in [0.05, 0.1) is 0 Å². The van der Waals surface area contributed by atoms with E-state index in [2.05, 4.69) is 10.2 Å².